The quantitative estimate of drug-likeness (QED) is 0.440. The molecule has 21 heavy (non-hydrogen) atoms. The lowest BCUT2D eigenvalue weighted by atomic mass is 9.83. The van der Waals surface area contributed by atoms with E-state index in [1.807, 2.05) is 0 Å². The summed E-state index contributed by atoms with van der Waals surface area (Å²) in [5, 5.41) is 3.86. The highest BCUT2D eigenvalue weighted by molar-refractivity contribution is 4.91. The van der Waals surface area contributed by atoms with Crippen molar-refractivity contribution in [3.05, 3.63) is 0 Å². The molecule has 0 aliphatic heterocycles. The van der Waals surface area contributed by atoms with Crippen LogP contribution < -0.4 is 5.32 Å². The molecule has 1 N–H and O–H groups in total. The van der Waals surface area contributed by atoms with Gasteiger partial charge in [0.25, 0.3) is 0 Å². The van der Waals surface area contributed by atoms with Crippen LogP contribution in [0.5, 0.6) is 0 Å². The van der Waals surface area contributed by atoms with E-state index in [1.165, 1.54) is 64.3 Å². The molecule has 2 rings (SSSR count). The molecule has 0 aromatic carbocycles. The molecule has 124 valence electrons. The molecule has 1 heteroatoms. The first kappa shape index (κ1) is 17.3. The molecule has 2 saturated carbocycles. The Morgan fingerprint density at radius 2 is 1.71 bits per heavy atom. The van der Waals surface area contributed by atoms with Crippen molar-refractivity contribution >= 4 is 0 Å². The van der Waals surface area contributed by atoms with Crippen molar-refractivity contribution in [2.24, 2.45) is 17.8 Å². The Kier molecular flexibility index (Phi) is 8.14. The molecule has 0 amide bonds. The third-order valence-electron chi connectivity index (χ3n) is 6.06. The lowest BCUT2D eigenvalue weighted by Crippen LogP contribution is -2.33. The molecule has 4 atom stereocenters. The molecule has 2 aliphatic carbocycles. The monoisotopic (exact) mass is 293 g/mol. The maximum absolute atomic E-state index is 3.86. The average molecular weight is 294 g/mol. The van der Waals surface area contributed by atoms with E-state index >= 15 is 0 Å². The van der Waals surface area contributed by atoms with Gasteiger partial charge in [-0.3, -0.25) is 0 Å². The summed E-state index contributed by atoms with van der Waals surface area (Å²) in [6.45, 7) is 5.83. The second-order valence-corrected chi connectivity index (χ2v) is 7.88. The highest BCUT2D eigenvalue weighted by Crippen LogP contribution is 2.50. The molecule has 0 saturated heterocycles. The summed E-state index contributed by atoms with van der Waals surface area (Å²) in [4.78, 5) is 0. The molecule has 1 nitrogen and oxygen atoms in total. The van der Waals surface area contributed by atoms with E-state index in [-0.39, 0.29) is 0 Å². The van der Waals surface area contributed by atoms with Crippen molar-refractivity contribution in [3.8, 4) is 0 Å². The van der Waals surface area contributed by atoms with Crippen molar-refractivity contribution in [2.45, 2.75) is 103 Å². The summed E-state index contributed by atoms with van der Waals surface area (Å²) < 4.78 is 0. The summed E-state index contributed by atoms with van der Waals surface area (Å²) in [7, 11) is 0. The molecule has 0 heterocycles. The predicted molar refractivity (Wildman–Crippen MR) is 93.6 cm³/mol. The van der Waals surface area contributed by atoms with E-state index in [2.05, 4.69) is 19.2 Å². The van der Waals surface area contributed by atoms with Crippen molar-refractivity contribution in [2.75, 3.05) is 6.54 Å². The molecular weight excluding hydrogens is 254 g/mol. The van der Waals surface area contributed by atoms with Gasteiger partial charge in [-0.1, -0.05) is 58.8 Å². The molecule has 0 aromatic rings. The Hall–Kier alpha value is -0.0400. The topological polar surface area (TPSA) is 12.0 Å². The van der Waals surface area contributed by atoms with Crippen molar-refractivity contribution in [1.29, 1.82) is 0 Å². The molecule has 2 aliphatic rings. The van der Waals surface area contributed by atoms with Crippen LogP contribution in [0.15, 0.2) is 0 Å². The molecule has 0 aromatic heterocycles. The Morgan fingerprint density at radius 3 is 2.38 bits per heavy atom. The molecular formula is C20H39N. The van der Waals surface area contributed by atoms with Gasteiger partial charge in [-0.25, -0.2) is 0 Å². The van der Waals surface area contributed by atoms with Crippen LogP contribution in [0, 0.1) is 17.8 Å². The third-order valence-corrected chi connectivity index (χ3v) is 6.06. The van der Waals surface area contributed by atoms with E-state index in [4.69, 9.17) is 0 Å². The minimum atomic E-state index is 0.820. The van der Waals surface area contributed by atoms with Gasteiger partial charge in [0.05, 0.1) is 0 Å². The molecule has 0 spiro atoms. The smallest absolute Gasteiger partial charge is 0.00698 e. The van der Waals surface area contributed by atoms with Crippen molar-refractivity contribution in [3.63, 3.8) is 0 Å². The first-order valence-electron chi connectivity index (χ1n) is 10.1. The zero-order valence-electron chi connectivity index (χ0n) is 14.7. The first-order chi connectivity index (χ1) is 10.3. The molecule has 2 fully saturated rings. The summed E-state index contributed by atoms with van der Waals surface area (Å²) in [5.74, 6) is 3.28. The van der Waals surface area contributed by atoms with Crippen LogP contribution >= 0.6 is 0 Å². The van der Waals surface area contributed by atoms with Gasteiger partial charge < -0.3 is 5.32 Å². The normalized spacial score (nSPS) is 29.1. The first-order valence-corrected chi connectivity index (χ1v) is 10.1. The largest absolute Gasteiger partial charge is 0.314 e. The maximum Gasteiger partial charge on any atom is 0.00698 e. The predicted octanol–water partition coefficient (Wildman–Crippen LogP) is 5.93. The SMILES string of the molecule is CCCCCCCCC(CC1CC2CCC1C2)NCCC. The van der Waals surface area contributed by atoms with Gasteiger partial charge in [0.2, 0.25) is 0 Å². The van der Waals surface area contributed by atoms with Crippen LogP contribution in [0.3, 0.4) is 0 Å². The molecule has 4 unspecified atom stereocenters. The van der Waals surface area contributed by atoms with Gasteiger partial charge >= 0.3 is 0 Å². The second kappa shape index (κ2) is 9.87. The zero-order chi connectivity index (χ0) is 14.9. The Bertz CT molecular complexity index is 263. The van der Waals surface area contributed by atoms with Crippen LogP contribution in [-0.2, 0) is 0 Å². The fraction of sp³-hybridized carbons (Fsp3) is 1.00. The number of unbranched alkanes of at least 4 members (excludes halogenated alkanes) is 5. The summed E-state index contributed by atoms with van der Waals surface area (Å²) in [5.41, 5.74) is 0. The van der Waals surface area contributed by atoms with Crippen molar-refractivity contribution < 1.29 is 0 Å². The van der Waals surface area contributed by atoms with Crippen molar-refractivity contribution in [1.82, 2.24) is 5.32 Å². The summed E-state index contributed by atoms with van der Waals surface area (Å²) >= 11 is 0. The Morgan fingerprint density at radius 1 is 0.905 bits per heavy atom. The number of nitrogens with one attached hydrogen (secondary N) is 1. The number of hydrogen-bond acceptors (Lipinski definition) is 1. The van der Waals surface area contributed by atoms with Gasteiger partial charge in [0.1, 0.15) is 0 Å². The number of fused-ring (bicyclic) bond motifs is 2. The lowest BCUT2D eigenvalue weighted by Gasteiger charge is -2.27. The van der Waals surface area contributed by atoms with Crippen LogP contribution in [0.1, 0.15) is 97.3 Å². The van der Waals surface area contributed by atoms with Gasteiger partial charge in [-0.05, 0) is 62.8 Å². The molecule has 0 radical (unpaired) electrons. The van der Waals surface area contributed by atoms with E-state index in [0.717, 1.165) is 23.8 Å². The Balaban J connectivity index is 1.63. The van der Waals surface area contributed by atoms with Gasteiger partial charge in [0, 0.05) is 6.04 Å². The van der Waals surface area contributed by atoms with E-state index in [0.29, 0.717) is 0 Å². The third kappa shape index (κ3) is 5.93. The van der Waals surface area contributed by atoms with Gasteiger partial charge in [-0.15, -0.1) is 0 Å². The molecule has 2 bridgehead atoms. The van der Waals surface area contributed by atoms with Crippen LogP contribution in [-0.4, -0.2) is 12.6 Å². The van der Waals surface area contributed by atoms with E-state index < -0.39 is 0 Å². The number of hydrogen-bond donors (Lipinski definition) is 1. The lowest BCUT2D eigenvalue weighted by molar-refractivity contribution is 0.268. The van der Waals surface area contributed by atoms with E-state index in [9.17, 15) is 0 Å². The highest BCUT2D eigenvalue weighted by Gasteiger charge is 2.39. The fourth-order valence-corrected chi connectivity index (χ4v) is 4.85. The minimum absolute atomic E-state index is 0.820. The van der Waals surface area contributed by atoms with Crippen LogP contribution in [0.2, 0.25) is 0 Å². The zero-order valence-corrected chi connectivity index (χ0v) is 14.7. The second-order valence-electron chi connectivity index (χ2n) is 7.88. The highest BCUT2D eigenvalue weighted by atomic mass is 14.9. The van der Waals surface area contributed by atoms with Crippen LogP contribution in [0.4, 0.5) is 0 Å². The van der Waals surface area contributed by atoms with Gasteiger partial charge in [-0.2, -0.15) is 0 Å². The minimum Gasteiger partial charge on any atom is -0.314 e. The van der Waals surface area contributed by atoms with Crippen LogP contribution in [0.25, 0.3) is 0 Å². The summed E-state index contributed by atoms with van der Waals surface area (Å²) in [6, 6.07) is 0.820. The van der Waals surface area contributed by atoms with Gasteiger partial charge in [0.15, 0.2) is 0 Å². The maximum atomic E-state index is 3.86. The standard InChI is InChI=1S/C20H39N/c1-3-5-6-7-8-9-10-20(21-13-4-2)16-19-15-17-11-12-18(19)14-17/h17-21H,3-16H2,1-2H3. The van der Waals surface area contributed by atoms with E-state index in [1.54, 1.807) is 25.7 Å². The summed E-state index contributed by atoms with van der Waals surface area (Å²) in [6.07, 6.45) is 19.0. The Labute approximate surface area is 133 Å². The fourth-order valence-electron chi connectivity index (χ4n) is 4.85. The number of rotatable bonds is 12. The average Bonchev–Trinajstić information content (AvgIpc) is 3.10.